The first-order chi connectivity index (χ1) is 9.32. The van der Waals surface area contributed by atoms with Crippen molar-refractivity contribution < 1.29 is 14.7 Å². The molecule has 0 fully saturated rings. The van der Waals surface area contributed by atoms with Gasteiger partial charge in [-0.2, -0.15) is 0 Å². The normalized spacial score (nSPS) is 12.1. The summed E-state index contributed by atoms with van der Waals surface area (Å²) in [5.41, 5.74) is 6.32. The average Bonchev–Trinajstić information content (AvgIpc) is 2.43. The Labute approximate surface area is 118 Å². The number of nitrogens with zero attached hydrogens (tertiary/aromatic N) is 1. The lowest BCUT2D eigenvalue weighted by atomic mass is 10.1. The summed E-state index contributed by atoms with van der Waals surface area (Å²) < 4.78 is 0. The van der Waals surface area contributed by atoms with Crippen molar-refractivity contribution in [1.29, 1.82) is 0 Å². The van der Waals surface area contributed by atoms with Gasteiger partial charge in [-0.25, -0.2) is 0 Å². The molecule has 110 valence electrons. The molecule has 1 aromatic carbocycles. The van der Waals surface area contributed by atoms with Gasteiger partial charge < -0.3 is 21.1 Å². The number of aromatic hydroxyl groups is 1. The van der Waals surface area contributed by atoms with Crippen LogP contribution in [0.1, 0.15) is 13.8 Å². The first kappa shape index (κ1) is 16.0. The van der Waals surface area contributed by atoms with E-state index in [-0.39, 0.29) is 30.0 Å². The zero-order valence-corrected chi connectivity index (χ0v) is 12.0. The van der Waals surface area contributed by atoms with Gasteiger partial charge in [-0.15, -0.1) is 0 Å². The van der Waals surface area contributed by atoms with E-state index < -0.39 is 6.04 Å². The fourth-order valence-electron chi connectivity index (χ4n) is 1.52. The molecule has 6 nitrogen and oxygen atoms in total. The first-order valence-corrected chi connectivity index (χ1v) is 6.41. The van der Waals surface area contributed by atoms with Gasteiger partial charge in [0.15, 0.2) is 0 Å². The summed E-state index contributed by atoms with van der Waals surface area (Å²) in [6.07, 6.45) is 0. The van der Waals surface area contributed by atoms with Crippen molar-refractivity contribution in [3.05, 3.63) is 24.3 Å². The molecule has 0 saturated carbocycles. The molecule has 0 spiro atoms. The van der Waals surface area contributed by atoms with Crippen molar-refractivity contribution in [3.8, 4) is 5.75 Å². The molecule has 0 saturated heterocycles. The number of carbonyl (C=O) groups excluding carboxylic acids is 2. The van der Waals surface area contributed by atoms with Crippen LogP contribution >= 0.6 is 0 Å². The maximum atomic E-state index is 11.9. The van der Waals surface area contributed by atoms with Crippen molar-refractivity contribution in [1.82, 2.24) is 5.32 Å². The van der Waals surface area contributed by atoms with E-state index >= 15 is 0 Å². The second-order valence-electron chi connectivity index (χ2n) is 4.96. The molecule has 1 atom stereocenters. The third-order valence-electron chi connectivity index (χ3n) is 3.05. The Hall–Kier alpha value is -2.08. The molecular formula is C14H21N3O3. The number of rotatable bonds is 5. The van der Waals surface area contributed by atoms with E-state index in [1.807, 2.05) is 13.8 Å². The minimum atomic E-state index is -0.623. The van der Waals surface area contributed by atoms with E-state index in [0.29, 0.717) is 5.69 Å². The Kier molecular flexibility index (Phi) is 5.52. The second kappa shape index (κ2) is 6.91. The third kappa shape index (κ3) is 4.24. The average molecular weight is 279 g/mol. The molecule has 0 aliphatic heterocycles. The number of hydrogen-bond acceptors (Lipinski definition) is 4. The van der Waals surface area contributed by atoms with E-state index in [1.165, 1.54) is 17.0 Å². The molecule has 6 heteroatoms. The zero-order chi connectivity index (χ0) is 15.3. The standard InChI is InChI=1S/C14H21N3O3/c1-9(2)13(15)14(20)16-8-12(19)17(3)10-4-6-11(18)7-5-10/h4-7,9,13,18H,8,15H2,1-3H3,(H,16,20)/t13-/m0/s1. The van der Waals surface area contributed by atoms with Gasteiger partial charge in [0.1, 0.15) is 5.75 Å². The number of amides is 2. The Morgan fingerprint density at radius 2 is 1.85 bits per heavy atom. The number of benzene rings is 1. The fourth-order valence-corrected chi connectivity index (χ4v) is 1.52. The molecular weight excluding hydrogens is 258 g/mol. The Morgan fingerprint density at radius 3 is 2.35 bits per heavy atom. The van der Waals surface area contributed by atoms with Crippen LogP contribution in [0.25, 0.3) is 0 Å². The number of carbonyl (C=O) groups is 2. The molecule has 0 unspecified atom stereocenters. The highest BCUT2D eigenvalue weighted by molar-refractivity contribution is 5.96. The van der Waals surface area contributed by atoms with Gasteiger partial charge >= 0.3 is 0 Å². The maximum Gasteiger partial charge on any atom is 0.246 e. The number of nitrogens with two attached hydrogens (primary N) is 1. The van der Waals surface area contributed by atoms with Crippen LogP contribution in [0.2, 0.25) is 0 Å². The number of nitrogens with one attached hydrogen (secondary N) is 1. The smallest absolute Gasteiger partial charge is 0.246 e. The second-order valence-corrected chi connectivity index (χ2v) is 4.96. The molecule has 0 aliphatic rings. The highest BCUT2D eigenvalue weighted by Crippen LogP contribution is 2.16. The zero-order valence-electron chi connectivity index (χ0n) is 12.0. The Morgan fingerprint density at radius 1 is 1.30 bits per heavy atom. The molecule has 2 amide bonds. The summed E-state index contributed by atoms with van der Waals surface area (Å²) in [7, 11) is 1.60. The summed E-state index contributed by atoms with van der Waals surface area (Å²) in [4.78, 5) is 25.0. The van der Waals surface area contributed by atoms with Crippen LogP contribution in [0.15, 0.2) is 24.3 Å². The van der Waals surface area contributed by atoms with Crippen molar-refractivity contribution >= 4 is 17.5 Å². The van der Waals surface area contributed by atoms with Crippen LogP contribution in [0, 0.1) is 5.92 Å². The van der Waals surface area contributed by atoms with Crippen LogP contribution < -0.4 is 16.0 Å². The summed E-state index contributed by atoms with van der Waals surface area (Å²) in [6.45, 7) is 3.57. The van der Waals surface area contributed by atoms with E-state index in [1.54, 1.807) is 19.2 Å². The van der Waals surface area contributed by atoms with Gasteiger partial charge in [-0.3, -0.25) is 9.59 Å². The minimum absolute atomic E-state index is 0.0138. The molecule has 0 heterocycles. The van der Waals surface area contributed by atoms with Gasteiger partial charge in [0.05, 0.1) is 12.6 Å². The molecule has 0 radical (unpaired) electrons. The van der Waals surface area contributed by atoms with Gasteiger partial charge in [-0.1, -0.05) is 13.8 Å². The van der Waals surface area contributed by atoms with E-state index in [9.17, 15) is 14.7 Å². The highest BCUT2D eigenvalue weighted by Gasteiger charge is 2.19. The van der Waals surface area contributed by atoms with E-state index in [0.717, 1.165) is 0 Å². The SMILES string of the molecule is CC(C)[C@H](N)C(=O)NCC(=O)N(C)c1ccc(O)cc1. The molecule has 4 N–H and O–H groups in total. The lowest BCUT2D eigenvalue weighted by Crippen LogP contribution is -2.47. The van der Waals surface area contributed by atoms with Crippen LogP contribution in [0.4, 0.5) is 5.69 Å². The quantitative estimate of drug-likeness (QED) is 0.729. The number of likely N-dealkylation sites (N-methyl/N-ethyl adjacent to an activating group) is 1. The lowest BCUT2D eigenvalue weighted by molar-refractivity contribution is -0.126. The van der Waals surface area contributed by atoms with E-state index in [4.69, 9.17) is 5.73 Å². The summed E-state index contributed by atoms with van der Waals surface area (Å²) in [5.74, 6) is -0.460. The fraction of sp³-hybridized carbons (Fsp3) is 0.429. The lowest BCUT2D eigenvalue weighted by Gasteiger charge is -2.19. The summed E-state index contributed by atoms with van der Waals surface area (Å²) in [5, 5.41) is 11.7. The number of hydrogen-bond donors (Lipinski definition) is 3. The Balaban J connectivity index is 2.54. The van der Waals surface area contributed by atoms with Crippen LogP contribution in [-0.2, 0) is 9.59 Å². The molecule has 20 heavy (non-hydrogen) atoms. The minimum Gasteiger partial charge on any atom is -0.508 e. The van der Waals surface area contributed by atoms with Gasteiger partial charge in [0, 0.05) is 12.7 Å². The molecule has 0 aromatic heterocycles. The summed E-state index contributed by atoms with van der Waals surface area (Å²) in [6, 6.07) is 5.60. The molecule has 0 bridgehead atoms. The van der Waals surface area contributed by atoms with Crippen molar-refractivity contribution in [2.45, 2.75) is 19.9 Å². The molecule has 0 aliphatic carbocycles. The molecule has 1 rings (SSSR count). The van der Waals surface area contributed by atoms with E-state index in [2.05, 4.69) is 5.32 Å². The highest BCUT2D eigenvalue weighted by atomic mass is 16.3. The number of phenols is 1. The van der Waals surface area contributed by atoms with Crippen LogP contribution in [-0.4, -0.2) is 36.6 Å². The van der Waals surface area contributed by atoms with Crippen molar-refractivity contribution in [2.75, 3.05) is 18.5 Å². The predicted molar refractivity (Wildman–Crippen MR) is 77.3 cm³/mol. The van der Waals surface area contributed by atoms with Crippen LogP contribution in [0.3, 0.4) is 0 Å². The van der Waals surface area contributed by atoms with Crippen molar-refractivity contribution in [2.24, 2.45) is 11.7 Å². The summed E-state index contributed by atoms with van der Waals surface area (Å²) >= 11 is 0. The number of anilines is 1. The Bertz CT molecular complexity index is 471. The van der Waals surface area contributed by atoms with Crippen LogP contribution in [0.5, 0.6) is 5.75 Å². The molecule has 1 aromatic rings. The monoisotopic (exact) mass is 279 g/mol. The predicted octanol–water partition coefficient (Wildman–Crippen LogP) is 0.455. The van der Waals surface area contributed by atoms with Gasteiger partial charge in [0.25, 0.3) is 0 Å². The van der Waals surface area contributed by atoms with Gasteiger partial charge in [0.2, 0.25) is 11.8 Å². The van der Waals surface area contributed by atoms with Crippen molar-refractivity contribution in [3.63, 3.8) is 0 Å². The van der Waals surface area contributed by atoms with Gasteiger partial charge in [-0.05, 0) is 30.2 Å². The largest absolute Gasteiger partial charge is 0.508 e. The maximum absolute atomic E-state index is 11.9. The first-order valence-electron chi connectivity index (χ1n) is 6.41. The number of phenolic OH excluding ortho intramolecular Hbond substituents is 1. The topological polar surface area (TPSA) is 95.7 Å². The third-order valence-corrected chi connectivity index (χ3v) is 3.05.